The van der Waals surface area contributed by atoms with Crippen LogP contribution in [0.3, 0.4) is 0 Å². The Morgan fingerprint density at radius 3 is 2.47 bits per heavy atom. The summed E-state index contributed by atoms with van der Waals surface area (Å²) in [6.45, 7) is 0.0771. The van der Waals surface area contributed by atoms with Crippen molar-refractivity contribution in [3.63, 3.8) is 0 Å². The van der Waals surface area contributed by atoms with Crippen LogP contribution in [0.1, 0.15) is 0 Å². The van der Waals surface area contributed by atoms with Crippen molar-refractivity contribution in [3.8, 4) is 0 Å². The minimum Gasteiger partial charge on any atom is -0.357 e. The zero-order chi connectivity index (χ0) is 12.9. The first-order valence-electron chi connectivity index (χ1n) is 4.44. The van der Waals surface area contributed by atoms with E-state index in [1.165, 1.54) is 0 Å². The van der Waals surface area contributed by atoms with Crippen LogP contribution in [0.4, 0.5) is 25.1 Å². The molecule has 0 unspecified atom stereocenters. The smallest absolute Gasteiger partial charge is 0.357 e. The van der Waals surface area contributed by atoms with Gasteiger partial charge in [-0.3, -0.25) is 0 Å². The molecule has 0 amide bonds. The van der Waals surface area contributed by atoms with Gasteiger partial charge in [0.1, 0.15) is 0 Å². The van der Waals surface area contributed by atoms with Crippen LogP contribution in [0.5, 0.6) is 0 Å². The number of rotatable bonds is 5. The van der Waals surface area contributed by atoms with Crippen LogP contribution in [-0.4, -0.2) is 39.8 Å². The predicted octanol–water partition coefficient (Wildman–Crippen LogP) is 2.23. The summed E-state index contributed by atoms with van der Waals surface area (Å²) in [5, 5.41) is 5.24. The summed E-state index contributed by atoms with van der Waals surface area (Å²) in [6.07, 6.45) is 0. The maximum Gasteiger partial charge on any atom is 0.441 e. The third kappa shape index (κ3) is 5.78. The monoisotopic (exact) mass is 287 g/mol. The van der Waals surface area contributed by atoms with E-state index < -0.39 is 5.51 Å². The van der Waals surface area contributed by atoms with Gasteiger partial charge in [0.25, 0.3) is 0 Å². The molecule has 0 saturated heterocycles. The van der Waals surface area contributed by atoms with E-state index in [9.17, 15) is 13.2 Å². The van der Waals surface area contributed by atoms with Gasteiger partial charge in [0.05, 0.1) is 0 Å². The first-order chi connectivity index (χ1) is 7.90. The molecule has 0 saturated carbocycles. The normalized spacial score (nSPS) is 11.4. The average Bonchev–Trinajstić information content (AvgIpc) is 2.22. The number of thioether (sulfide) groups is 1. The Morgan fingerprint density at radius 2 is 1.88 bits per heavy atom. The second-order valence-electron chi connectivity index (χ2n) is 2.72. The quantitative estimate of drug-likeness (QED) is 0.810. The van der Waals surface area contributed by atoms with Gasteiger partial charge >= 0.3 is 5.51 Å². The van der Waals surface area contributed by atoms with Gasteiger partial charge < -0.3 is 10.6 Å². The number of anilines is 2. The number of nitrogens with zero attached hydrogens (tertiary/aromatic N) is 3. The average molecular weight is 288 g/mol. The maximum absolute atomic E-state index is 11.8. The van der Waals surface area contributed by atoms with Crippen molar-refractivity contribution in [1.82, 2.24) is 15.0 Å². The summed E-state index contributed by atoms with van der Waals surface area (Å²) in [7, 11) is 1.59. The SMILES string of the molecule is CNc1nc(Cl)nc(NCCSC(F)(F)F)n1. The van der Waals surface area contributed by atoms with Crippen LogP contribution in [0.15, 0.2) is 0 Å². The number of nitrogens with one attached hydrogen (secondary N) is 2. The zero-order valence-electron chi connectivity index (χ0n) is 8.68. The minimum atomic E-state index is -4.23. The predicted molar refractivity (Wildman–Crippen MR) is 61.4 cm³/mol. The Bertz CT molecular complexity index is 375. The van der Waals surface area contributed by atoms with Crippen molar-refractivity contribution in [1.29, 1.82) is 0 Å². The molecular formula is C7H9ClF3N5S. The lowest BCUT2D eigenvalue weighted by Crippen LogP contribution is -2.12. The van der Waals surface area contributed by atoms with Crippen LogP contribution in [0.2, 0.25) is 5.28 Å². The van der Waals surface area contributed by atoms with E-state index in [0.717, 1.165) is 0 Å². The Balaban J connectivity index is 2.44. The Labute approximate surface area is 105 Å². The molecule has 0 radical (unpaired) electrons. The largest absolute Gasteiger partial charge is 0.441 e. The molecule has 5 nitrogen and oxygen atoms in total. The van der Waals surface area contributed by atoms with Gasteiger partial charge in [-0.15, -0.1) is 0 Å². The van der Waals surface area contributed by atoms with Crippen molar-refractivity contribution in [2.24, 2.45) is 0 Å². The van der Waals surface area contributed by atoms with E-state index >= 15 is 0 Å². The van der Waals surface area contributed by atoms with Gasteiger partial charge in [0.2, 0.25) is 17.2 Å². The van der Waals surface area contributed by atoms with E-state index in [1.807, 2.05) is 0 Å². The van der Waals surface area contributed by atoms with Crippen LogP contribution < -0.4 is 10.6 Å². The van der Waals surface area contributed by atoms with E-state index in [0.29, 0.717) is 0 Å². The van der Waals surface area contributed by atoms with Crippen molar-refractivity contribution < 1.29 is 13.2 Å². The van der Waals surface area contributed by atoms with Crippen LogP contribution in [-0.2, 0) is 0 Å². The molecule has 0 aromatic carbocycles. The van der Waals surface area contributed by atoms with Crippen LogP contribution in [0, 0.1) is 0 Å². The Hall–Kier alpha value is -0.960. The summed E-state index contributed by atoms with van der Waals surface area (Å²) >= 11 is 5.47. The summed E-state index contributed by atoms with van der Waals surface area (Å²) in [4.78, 5) is 11.3. The molecule has 0 atom stereocenters. The highest BCUT2D eigenvalue weighted by Crippen LogP contribution is 2.29. The van der Waals surface area contributed by atoms with Gasteiger partial charge in [-0.1, -0.05) is 0 Å². The lowest BCUT2D eigenvalue weighted by Gasteiger charge is -2.07. The standard InChI is InChI=1S/C7H9ClF3N5S/c1-12-5-14-4(8)15-6(16-5)13-2-3-17-7(9,10)11/h2-3H2,1H3,(H2,12,13,14,15,16). The Morgan fingerprint density at radius 1 is 1.24 bits per heavy atom. The molecule has 2 N–H and O–H groups in total. The molecule has 0 aliphatic heterocycles. The van der Waals surface area contributed by atoms with E-state index in [-0.39, 0.29) is 41.2 Å². The molecule has 10 heteroatoms. The maximum atomic E-state index is 11.8. The Kier molecular flexibility index (Phi) is 5.06. The van der Waals surface area contributed by atoms with Crippen LogP contribution >= 0.6 is 23.4 Å². The molecular weight excluding hydrogens is 279 g/mol. The summed E-state index contributed by atoms with van der Waals surface area (Å²) in [5.74, 6) is 0.245. The fourth-order valence-corrected chi connectivity index (χ4v) is 1.47. The van der Waals surface area contributed by atoms with Crippen molar-refractivity contribution in [3.05, 3.63) is 5.28 Å². The molecule has 0 fully saturated rings. The van der Waals surface area contributed by atoms with Gasteiger partial charge in [0, 0.05) is 19.3 Å². The van der Waals surface area contributed by atoms with Crippen molar-refractivity contribution in [2.45, 2.75) is 5.51 Å². The molecule has 1 aromatic rings. The third-order valence-corrected chi connectivity index (χ3v) is 2.39. The summed E-state index contributed by atoms with van der Waals surface area (Å²) < 4.78 is 35.5. The molecule has 1 heterocycles. The van der Waals surface area contributed by atoms with Gasteiger partial charge in [-0.2, -0.15) is 28.1 Å². The highest BCUT2D eigenvalue weighted by atomic mass is 35.5. The molecule has 96 valence electrons. The zero-order valence-corrected chi connectivity index (χ0v) is 10.2. The second kappa shape index (κ2) is 6.10. The lowest BCUT2D eigenvalue weighted by atomic mass is 10.7. The number of halogens is 4. The van der Waals surface area contributed by atoms with Crippen LogP contribution in [0.25, 0.3) is 0 Å². The first-order valence-corrected chi connectivity index (χ1v) is 5.81. The van der Waals surface area contributed by atoms with Gasteiger partial charge in [-0.05, 0) is 23.4 Å². The lowest BCUT2D eigenvalue weighted by molar-refractivity contribution is -0.0327. The molecule has 0 spiro atoms. The van der Waals surface area contributed by atoms with E-state index in [2.05, 4.69) is 25.6 Å². The summed E-state index contributed by atoms with van der Waals surface area (Å²) in [5.41, 5.74) is -4.23. The topological polar surface area (TPSA) is 62.7 Å². The number of alkyl halides is 3. The molecule has 0 aliphatic rings. The molecule has 0 aliphatic carbocycles. The fraction of sp³-hybridized carbons (Fsp3) is 0.571. The van der Waals surface area contributed by atoms with E-state index in [1.54, 1.807) is 7.05 Å². The highest BCUT2D eigenvalue weighted by Gasteiger charge is 2.27. The first kappa shape index (κ1) is 14.1. The van der Waals surface area contributed by atoms with Gasteiger partial charge in [0.15, 0.2) is 0 Å². The number of aromatic nitrogens is 3. The summed E-state index contributed by atoms with van der Waals surface area (Å²) in [6, 6.07) is 0. The number of hydrogen-bond donors (Lipinski definition) is 2. The molecule has 0 bridgehead atoms. The highest BCUT2D eigenvalue weighted by molar-refractivity contribution is 8.00. The molecule has 1 rings (SSSR count). The van der Waals surface area contributed by atoms with Crippen molar-refractivity contribution in [2.75, 3.05) is 30.0 Å². The third-order valence-electron chi connectivity index (χ3n) is 1.48. The van der Waals surface area contributed by atoms with Gasteiger partial charge in [-0.25, -0.2) is 0 Å². The fourth-order valence-electron chi connectivity index (χ4n) is 0.871. The molecule has 1 aromatic heterocycles. The van der Waals surface area contributed by atoms with E-state index in [4.69, 9.17) is 11.6 Å². The molecule has 17 heavy (non-hydrogen) atoms. The minimum absolute atomic E-state index is 0.0321. The van der Waals surface area contributed by atoms with Crippen molar-refractivity contribution >= 4 is 35.3 Å². The second-order valence-corrected chi connectivity index (χ2v) is 4.22. The number of hydrogen-bond acceptors (Lipinski definition) is 6.